The summed E-state index contributed by atoms with van der Waals surface area (Å²) in [4.78, 5) is 12.2. The van der Waals surface area contributed by atoms with Crippen LogP contribution < -0.4 is 10.1 Å². The average Bonchev–Trinajstić information content (AvgIpc) is 3.00. The van der Waals surface area contributed by atoms with Gasteiger partial charge >= 0.3 is 0 Å². The van der Waals surface area contributed by atoms with E-state index in [2.05, 4.69) is 5.32 Å². The van der Waals surface area contributed by atoms with Gasteiger partial charge in [-0.15, -0.1) is 0 Å². The number of amides is 1. The highest BCUT2D eigenvalue weighted by Crippen LogP contribution is 2.33. The summed E-state index contributed by atoms with van der Waals surface area (Å²) in [5.74, 6) is -1.28. The minimum Gasteiger partial charge on any atom is -0.496 e. The summed E-state index contributed by atoms with van der Waals surface area (Å²) in [6, 6.07) is 7.24. The van der Waals surface area contributed by atoms with Crippen LogP contribution in [0.4, 0.5) is 8.78 Å². The first-order valence-corrected chi connectivity index (χ1v) is 8.36. The van der Waals surface area contributed by atoms with Crippen LogP contribution in [0.1, 0.15) is 23.6 Å². The van der Waals surface area contributed by atoms with Crippen molar-refractivity contribution in [3.05, 3.63) is 71.0 Å². The summed E-state index contributed by atoms with van der Waals surface area (Å²) < 4.78 is 38.2. The number of aryl methyl sites for hydroxylation is 1. The lowest BCUT2D eigenvalue weighted by atomic mass is 10.0. The number of methoxy groups -OCH3 is 1. The average molecular weight is 371 g/mol. The molecule has 0 spiro atoms. The molecular weight excluding hydrogens is 352 g/mol. The number of halogens is 2. The van der Waals surface area contributed by atoms with Gasteiger partial charge in [0.25, 0.3) is 0 Å². The van der Waals surface area contributed by atoms with Crippen LogP contribution >= 0.6 is 0 Å². The van der Waals surface area contributed by atoms with Gasteiger partial charge in [0.1, 0.15) is 23.0 Å². The maximum Gasteiger partial charge on any atom is 0.244 e. The SMILES string of the molecule is COc1cc2occ(C)c2cc1/C(C)=C/C(=O)NCc1c(F)cccc1F. The lowest BCUT2D eigenvalue weighted by Crippen LogP contribution is -2.22. The molecule has 1 N–H and O–H groups in total. The summed E-state index contributed by atoms with van der Waals surface area (Å²) in [6.07, 6.45) is 3.03. The molecule has 0 atom stereocenters. The summed E-state index contributed by atoms with van der Waals surface area (Å²) >= 11 is 0. The second-order valence-electron chi connectivity index (χ2n) is 6.21. The molecule has 0 radical (unpaired) electrons. The third kappa shape index (κ3) is 3.84. The van der Waals surface area contributed by atoms with Crippen LogP contribution in [0.15, 0.2) is 47.1 Å². The molecule has 27 heavy (non-hydrogen) atoms. The fourth-order valence-electron chi connectivity index (χ4n) is 2.86. The fourth-order valence-corrected chi connectivity index (χ4v) is 2.86. The molecule has 0 unspecified atom stereocenters. The third-order valence-electron chi connectivity index (χ3n) is 4.36. The van der Waals surface area contributed by atoms with E-state index in [4.69, 9.17) is 9.15 Å². The van der Waals surface area contributed by atoms with Crippen molar-refractivity contribution in [3.63, 3.8) is 0 Å². The topological polar surface area (TPSA) is 51.5 Å². The first-order chi connectivity index (χ1) is 12.9. The van der Waals surface area contributed by atoms with Crippen LogP contribution in [0.25, 0.3) is 16.5 Å². The predicted octanol–water partition coefficient (Wildman–Crippen LogP) is 4.75. The molecule has 0 saturated heterocycles. The molecule has 0 aliphatic rings. The molecule has 0 aliphatic carbocycles. The fraction of sp³-hybridized carbons (Fsp3) is 0.190. The number of rotatable bonds is 5. The number of carbonyl (C=O) groups excluding carboxylic acids is 1. The number of allylic oxidation sites excluding steroid dienone is 1. The number of carbonyl (C=O) groups is 1. The van der Waals surface area contributed by atoms with Gasteiger partial charge in [-0.25, -0.2) is 8.78 Å². The molecule has 0 saturated carbocycles. The van der Waals surface area contributed by atoms with E-state index in [0.717, 1.165) is 28.6 Å². The van der Waals surface area contributed by atoms with Crippen LogP contribution in [0.2, 0.25) is 0 Å². The Balaban J connectivity index is 1.83. The Morgan fingerprint density at radius 1 is 1.26 bits per heavy atom. The summed E-state index contributed by atoms with van der Waals surface area (Å²) in [7, 11) is 1.54. The first-order valence-electron chi connectivity index (χ1n) is 8.36. The number of furan rings is 1. The van der Waals surface area contributed by atoms with Crippen molar-refractivity contribution in [3.8, 4) is 5.75 Å². The van der Waals surface area contributed by atoms with Gasteiger partial charge < -0.3 is 14.5 Å². The molecule has 1 amide bonds. The second-order valence-corrected chi connectivity index (χ2v) is 6.21. The molecular formula is C21H19F2NO3. The lowest BCUT2D eigenvalue weighted by molar-refractivity contribution is -0.116. The normalized spacial score (nSPS) is 11.7. The van der Waals surface area contributed by atoms with Gasteiger partial charge in [-0.1, -0.05) is 6.07 Å². The number of benzene rings is 2. The Morgan fingerprint density at radius 3 is 2.63 bits per heavy atom. The van der Waals surface area contributed by atoms with E-state index in [1.165, 1.54) is 19.3 Å². The second kappa shape index (κ2) is 7.61. The van der Waals surface area contributed by atoms with Crippen LogP contribution in [0.5, 0.6) is 5.75 Å². The Hall–Kier alpha value is -3.15. The van der Waals surface area contributed by atoms with Crippen molar-refractivity contribution in [1.82, 2.24) is 5.32 Å². The predicted molar refractivity (Wildman–Crippen MR) is 99.4 cm³/mol. The molecule has 0 aliphatic heterocycles. The largest absolute Gasteiger partial charge is 0.496 e. The van der Waals surface area contributed by atoms with Crippen molar-refractivity contribution in [2.75, 3.05) is 7.11 Å². The Bertz CT molecular complexity index is 1020. The molecule has 3 rings (SSSR count). The molecule has 140 valence electrons. The van der Waals surface area contributed by atoms with Gasteiger partial charge in [0, 0.05) is 35.2 Å². The van der Waals surface area contributed by atoms with E-state index < -0.39 is 17.5 Å². The zero-order valence-electron chi connectivity index (χ0n) is 15.2. The Morgan fingerprint density at radius 2 is 1.96 bits per heavy atom. The van der Waals surface area contributed by atoms with Gasteiger partial charge in [-0.3, -0.25) is 4.79 Å². The van der Waals surface area contributed by atoms with Crippen molar-refractivity contribution >= 4 is 22.4 Å². The maximum atomic E-state index is 13.7. The van der Waals surface area contributed by atoms with Gasteiger partial charge in [0.05, 0.1) is 13.4 Å². The molecule has 3 aromatic rings. The number of fused-ring (bicyclic) bond motifs is 1. The highest BCUT2D eigenvalue weighted by Gasteiger charge is 2.13. The number of hydrogen-bond donors (Lipinski definition) is 1. The Kier molecular flexibility index (Phi) is 5.26. The molecule has 0 fully saturated rings. The number of nitrogens with one attached hydrogen (secondary N) is 1. The molecule has 0 bridgehead atoms. The smallest absolute Gasteiger partial charge is 0.244 e. The van der Waals surface area contributed by atoms with Crippen molar-refractivity contribution in [2.24, 2.45) is 0 Å². The number of hydrogen-bond acceptors (Lipinski definition) is 3. The molecule has 1 aromatic heterocycles. The first kappa shape index (κ1) is 18.6. The molecule has 2 aromatic carbocycles. The zero-order valence-corrected chi connectivity index (χ0v) is 15.2. The van der Waals surface area contributed by atoms with Crippen molar-refractivity contribution in [1.29, 1.82) is 0 Å². The zero-order chi connectivity index (χ0) is 19.6. The standard InChI is InChI=1S/C21H19F2NO3/c1-12(7-21(25)24-10-16-17(22)5-4-6-18(16)23)14-8-15-13(2)11-27-20(15)9-19(14)26-3/h4-9,11H,10H2,1-3H3,(H,24,25)/b12-7+. The van der Waals surface area contributed by atoms with Crippen LogP contribution in [-0.4, -0.2) is 13.0 Å². The van der Waals surface area contributed by atoms with Crippen molar-refractivity contribution < 1.29 is 22.7 Å². The molecule has 1 heterocycles. The van der Waals surface area contributed by atoms with Crippen LogP contribution in [-0.2, 0) is 11.3 Å². The summed E-state index contributed by atoms with van der Waals surface area (Å²) in [5, 5.41) is 3.43. The quantitative estimate of drug-likeness (QED) is 0.659. The van der Waals surface area contributed by atoms with E-state index in [-0.39, 0.29) is 12.1 Å². The van der Waals surface area contributed by atoms with E-state index in [0.29, 0.717) is 16.9 Å². The van der Waals surface area contributed by atoms with Gasteiger partial charge in [-0.05, 0) is 43.2 Å². The van der Waals surface area contributed by atoms with Crippen LogP contribution in [0, 0.1) is 18.6 Å². The van der Waals surface area contributed by atoms with E-state index >= 15 is 0 Å². The Labute approximate surface area is 155 Å². The minimum atomic E-state index is -0.696. The van der Waals surface area contributed by atoms with Crippen molar-refractivity contribution in [2.45, 2.75) is 20.4 Å². The van der Waals surface area contributed by atoms with Gasteiger partial charge in [-0.2, -0.15) is 0 Å². The maximum absolute atomic E-state index is 13.7. The summed E-state index contributed by atoms with van der Waals surface area (Å²) in [6.45, 7) is 3.46. The van der Waals surface area contributed by atoms with E-state index in [1.807, 2.05) is 13.0 Å². The number of ether oxygens (including phenoxy) is 1. The summed E-state index contributed by atoms with van der Waals surface area (Å²) in [5.41, 5.74) is 2.88. The van der Waals surface area contributed by atoms with E-state index in [1.54, 1.807) is 19.3 Å². The van der Waals surface area contributed by atoms with E-state index in [9.17, 15) is 13.6 Å². The highest BCUT2D eigenvalue weighted by atomic mass is 19.1. The van der Waals surface area contributed by atoms with Gasteiger partial charge in [0.2, 0.25) is 5.91 Å². The lowest BCUT2D eigenvalue weighted by Gasteiger charge is -2.10. The van der Waals surface area contributed by atoms with Gasteiger partial charge in [0.15, 0.2) is 0 Å². The highest BCUT2D eigenvalue weighted by molar-refractivity contribution is 5.97. The van der Waals surface area contributed by atoms with Crippen LogP contribution in [0.3, 0.4) is 0 Å². The minimum absolute atomic E-state index is 0.176. The molecule has 4 nitrogen and oxygen atoms in total. The molecule has 6 heteroatoms. The monoisotopic (exact) mass is 371 g/mol. The third-order valence-corrected chi connectivity index (χ3v) is 4.36.